The highest BCUT2D eigenvalue weighted by Crippen LogP contribution is 1.87. The molecule has 0 heterocycles. The molecular weight excluding hydrogens is 123 g/mol. The Balaban J connectivity index is 3.71. The third kappa shape index (κ3) is 2.48. The maximum atomic E-state index is 9.67. The highest BCUT2D eigenvalue weighted by atomic mass is 31.0. The lowest BCUT2D eigenvalue weighted by molar-refractivity contribution is -0.108. The zero-order valence-corrected chi connectivity index (χ0v) is 5.37. The molecule has 1 unspecified atom stereocenters. The van der Waals surface area contributed by atoms with Gasteiger partial charge in [-0.15, -0.1) is 9.24 Å². The molecule has 0 spiro atoms. The van der Waals surface area contributed by atoms with Crippen molar-refractivity contribution in [3.05, 3.63) is 11.5 Å². The lowest BCUT2D eigenvalue weighted by atomic mass is 10.5. The number of rotatable bonds is 3. The van der Waals surface area contributed by atoms with E-state index in [9.17, 15) is 4.79 Å². The lowest BCUT2D eigenvalue weighted by Gasteiger charge is -1.91. The van der Waals surface area contributed by atoms with Crippen LogP contribution in [0.2, 0.25) is 0 Å². The Hall–Kier alpha value is -0.690. The average molecular weight is 130 g/mol. The van der Waals surface area contributed by atoms with Gasteiger partial charge in [0.15, 0.2) is 0 Å². The van der Waals surface area contributed by atoms with Crippen molar-refractivity contribution in [1.29, 1.82) is 5.41 Å². The molecule has 0 aliphatic heterocycles. The molecule has 0 aromatic heterocycles. The summed E-state index contributed by atoms with van der Waals surface area (Å²) in [6.07, 6.45) is 1.59. The standard InChI is InChI=1S/C4H7N2OP/c5-1-4(2-8)6-3-7/h1-3,5H,8H2,(H,6,7)/b4-2+,5-1?. The summed E-state index contributed by atoms with van der Waals surface area (Å²) in [5.41, 5.74) is 0.477. The van der Waals surface area contributed by atoms with E-state index in [-0.39, 0.29) is 0 Å². The molecule has 8 heavy (non-hydrogen) atoms. The summed E-state index contributed by atoms with van der Waals surface area (Å²) in [5.74, 6) is 1.56. The molecule has 0 rings (SSSR count). The second-order valence-corrected chi connectivity index (χ2v) is 1.36. The van der Waals surface area contributed by atoms with Gasteiger partial charge in [-0.25, -0.2) is 0 Å². The predicted octanol–water partition coefficient (Wildman–Crippen LogP) is 0.0985. The molecule has 3 nitrogen and oxygen atoms in total. The summed E-state index contributed by atoms with van der Waals surface area (Å²) in [7, 11) is 2.28. The van der Waals surface area contributed by atoms with Crippen LogP contribution in [0.5, 0.6) is 0 Å². The van der Waals surface area contributed by atoms with Crippen molar-refractivity contribution < 1.29 is 4.79 Å². The van der Waals surface area contributed by atoms with Gasteiger partial charge in [0.05, 0.1) is 5.70 Å². The highest BCUT2D eigenvalue weighted by molar-refractivity contribution is 7.20. The first-order valence-electron chi connectivity index (χ1n) is 1.97. The van der Waals surface area contributed by atoms with Gasteiger partial charge < -0.3 is 10.7 Å². The molecule has 0 radical (unpaired) electrons. The van der Waals surface area contributed by atoms with Gasteiger partial charge in [0.1, 0.15) is 0 Å². The van der Waals surface area contributed by atoms with Gasteiger partial charge in [-0.2, -0.15) is 0 Å². The van der Waals surface area contributed by atoms with Crippen LogP contribution in [-0.4, -0.2) is 12.6 Å². The maximum Gasteiger partial charge on any atom is 0.211 e. The van der Waals surface area contributed by atoms with Crippen molar-refractivity contribution in [2.24, 2.45) is 0 Å². The van der Waals surface area contributed by atoms with Gasteiger partial charge in [0.2, 0.25) is 6.41 Å². The number of hydrogen-bond donors (Lipinski definition) is 2. The largest absolute Gasteiger partial charge is 0.327 e. The van der Waals surface area contributed by atoms with E-state index in [4.69, 9.17) is 5.41 Å². The van der Waals surface area contributed by atoms with E-state index in [2.05, 4.69) is 14.6 Å². The van der Waals surface area contributed by atoms with Gasteiger partial charge >= 0.3 is 0 Å². The number of nitrogens with one attached hydrogen (secondary N) is 2. The van der Waals surface area contributed by atoms with E-state index >= 15 is 0 Å². The molecule has 0 saturated carbocycles. The van der Waals surface area contributed by atoms with E-state index < -0.39 is 0 Å². The highest BCUT2D eigenvalue weighted by Gasteiger charge is 1.81. The molecular formula is C4H7N2OP. The van der Waals surface area contributed by atoms with E-state index in [0.717, 1.165) is 6.21 Å². The van der Waals surface area contributed by atoms with Crippen LogP contribution in [0.3, 0.4) is 0 Å². The van der Waals surface area contributed by atoms with E-state index in [0.29, 0.717) is 12.1 Å². The van der Waals surface area contributed by atoms with Crippen LogP contribution < -0.4 is 5.32 Å². The number of carbonyl (C=O) groups is 1. The first-order chi connectivity index (χ1) is 3.85. The van der Waals surface area contributed by atoms with E-state index in [1.54, 1.807) is 5.82 Å². The van der Waals surface area contributed by atoms with Crippen LogP contribution in [0.15, 0.2) is 11.5 Å². The van der Waals surface area contributed by atoms with E-state index in [1.807, 2.05) is 0 Å². The molecule has 0 bridgehead atoms. The van der Waals surface area contributed by atoms with E-state index in [1.165, 1.54) is 0 Å². The van der Waals surface area contributed by atoms with Gasteiger partial charge in [0, 0.05) is 6.21 Å². The third-order valence-electron chi connectivity index (χ3n) is 0.561. The van der Waals surface area contributed by atoms with Crippen LogP contribution in [0.1, 0.15) is 0 Å². The molecule has 0 aromatic rings. The van der Waals surface area contributed by atoms with Crippen LogP contribution in [0.4, 0.5) is 0 Å². The third-order valence-corrected chi connectivity index (χ3v) is 0.920. The summed E-state index contributed by atoms with van der Waals surface area (Å²) >= 11 is 0. The first kappa shape index (κ1) is 7.31. The number of hydrogen-bond acceptors (Lipinski definition) is 2. The maximum absolute atomic E-state index is 9.67. The second-order valence-electron chi connectivity index (χ2n) is 1.03. The van der Waals surface area contributed by atoms with Gasteiger partial charge in [-0.1, -0.05) is 0 Å². The Bertz CT molecular complexity index is 121. The van der Waals surface area contributed by atoms with Crippen molar-refractivity contribution >= 4 is 21.9 Å². The summed E-state index contributed by atoms with van der Waals surface area (Å²) in [5, 5.41) is 8.93. The Morgan fingerprint density at radius 1 is 1.75 bits per heavy atom. The van der Waals surface area contributed by atoms with Crippen molar-refractivity contribution in [2.75, 3.05) is 0 Å². The molecule has 0 fully saturated rings. The molecule has 0 aliphatic rings. The molecule has 44 valence electrons. The van der Waals surface area contributed by atoms with Crippen molar-refractivity contribution in [1.82, 2.24) is 5.32 Å². The van der Waals surface area contributed by atoms with Crippen molar-refractivity contribution in [2.45, 2.75) is 0 Å². The zero-order valence-electron chi connectivity index (χ0n) is 4.22. The second kappa shape index (κ2) is 4.47. The number of carbonyl (C=O) groups excluding carboxylic acids is 1. The van der Waals surface area contributed by atoms with Crippen LogP contribution >= 0.6 is 9.24 Å². The van der Waals surface area contributed by atoms with Crippen molar-refractivity contribution in [3.63, 3.8) is 0 Å². The quantitative estimate of drug-likeness (QED) is 0.317. The monoisotopic (exact) mass is 130 g/mol. The number of amides is 1. The Morgan fingerprint density at radius 2 is 2.38 bits per heavy atom. The molecule has 4 heteroatoms. The lowest BCUT2D eigenvalue weighted by Crippen LogP contribution is -2.09. The molecule has 1 amide bonds. The fourth-order valence-corrected chi connectivity index (χ4v) is 0.398. The average Bonchev–Trinajstić information content (AvgIpc) is 1.83. The summed E-state index contributed by atoms with van der Waals surface area (Å²) in [4.78, 5) is 9.67. The fraction of sp³-hybridized carbons (Fsp3) is 0. The normalized spacial score (nSPS) is 10.4. The summed E-state index contributed by atoms with van der Waals surface area (Å²) in [6.45, 7) is 0. The smallest absolute Gasteiger partial charge is 0.211 e. The van der Waals surface area contributed by atoms with Crippen LogP contribution in [0.25, 0.3) is 0 Å². The van der Waals surface area contributed by atoms with Crippen molar-refractivity contribution in [3.8, 4) is 0 Å². The van der Waals surface area contributed by atoms with Gasteiger partial charge in [-0.3, -0.25) is 4.79 Å². The van der Waals surface area contributed by atoms with Crippen LogP contribution in [0, 0.1) is 5.41 Å². The minimum absolute atomic E-state index is 0.477. The fourth-order valence-electron chi connectivity index (χ4n) is 0.206. The van der Waals surface area contributed by atoms with Gasteiger partial charge in [0.25, 0.3) is 0 Å². The minimum atomic E-state index is 0.477. The van der Waals surface area contributed by atoms with Crippen LogP contribution in [-0.2, 0) is 4.79 Å². The molecule has 0 saturated heterocycles. The summed E-state index contributed by atoms with van der Waals surface area (Å²) in [6, 6.07) is 0. The minimum Gasteiger partial charge on any atom is -0.327 e. The Labute approximate surface area is 49.9 Å². The Kier molecular flexibility index (Phi) is 4.08. The van der Waals surface area contributed by atoms with Gasteiger partial charge in [-0.05, 0) is 5.82 Å². The number of allylic oxidation sites excluding steroid dienone is 1. The molecule has 1 atom stereocenters. The first-order valence-corrected chi connectivity index (χ1v) is 2.64. The zero-order chi connectivity index (χ0) is 6.41. The SMILES string of the molecule is N=C/C(=C\P)NC=O. The predicted molar refractivity (Wildman–Crippen MR) is 35.8 cm³/mol. The summed E-state index contributed by atoms with van der Waals surface area (Å²) < 4.78 is 0. The topological polar surface area (TPSA) is 53.0 Å². The molecule has 0 aliphatic carbocycles. The Morgan fingerprint density at radius 3 is 2.50 bits per heavy atom. The molecule has 0 aromatic carbocycles. The molecule has 2 N–H and O–H groups in total.